The van der Waals surface area contributed by atoms with Gasteiger partial charge in [-0.2, -0.15) is 9.97 Å². The topological polar surface area (TPSA) is 94.8 Å². The summed E-state index contributed by atoms with van der Waals surface area (Å²) in [6, 6.07) is 5.80. The first-order valence-corrected chi connectivity index (χ1v) is 15.5. The van der Waals surface area contributed by atoms with Crippen LogP contribution in [0.5, 0.6) is 11.8 Å². The van der Waals surface area contributed by atoms with Crippen LogP contribution in [0, 0.1) is 17.6 Å². The van der Waals surface area contributed by atoms with E-state index >= 15 is 4.39 Å². The molecule has 0 spiro atoms. The molecule has 0 bridgehead atoms. The molecule has 4 fully saturated rings. The molecular formula is C33H34F3N5O3. The monoisotopic (exact) mass is 605 g/mol. The van der Waals surface area contributed by atoms with Crippen molar-refractivity contribution in [2.24, 2.45) is 5.92 Å². The second-order valence-electron chi connectivity index (χ2n) is 12.9. The number of nitrogens with zero attached hydrogens (tertiary/aromatic N) is 5. The Morgan fingerprint density at radius 2 is 2.02 bits per heavy atom. The largest absolute Gasteiger partial charge is 0.508 e. The van der Waals surface area contributed by atoms with Crippen LogP contribution in [0.25, 0.3) is 32.9 Å². The Bertz CT molecular complexity index is 1810. The van der Waals surface area contributed by atoms with Crippen molar-refractivity contribution in [3.05, 3.63) is 47.7 Å². The third kappa shape index (κ3) is 4.23. The van der Waals surface area contributed by atoms with Crippen molar-refractivity contribution in [1.82, 2.24) is 19.9 Å². The van der Waals surface area contributed by atoms with Crippen LogP contribution >= 0.6 is 0 Å². The predicted molar refractivity (Wildman–Crippen MR) is 160 cm³/mol. The molecule has 1 saturated carbocycles. The molecule has 5 atom stereocenters. The summed E-state index contributed by atoms with van der Waals surface area (Å²) >= 11 is 0. The summed E-state index contributed by atoms with van der Waals surface area (Å²) in [4.78, 5) is 18.0. The first-order chi connectivity index (χ1) is 21.3. The van der Waals surface area contributed by atoms with Crippen molar-refractivity contribution >= 4 is 27.5 Å². The third-order valence-electron chi connectivity index (χ3n) is 10.3. The Kier molecular flexibility index (Phi) is 6.43. The molecule has 3 saturated heterocycles. The maximum Gasteiger partial charge on any atom is 0.319 e. The summed E-state index contributed by atoms with van der Waals surface area (Å²) in [6.45, 7) is 3.12. The lowest BCUT2D eigenvalue weighted by Gasteiger charge is -2.31. The number of piperidine rings is 1. The van der Waals surface area contributed by atoms with Gasteiger partial charge in [0.1, 0.15) is 41.4 Å². The minimum Gasteiger partial charge on any atom is -0.508 e. The fourth-order valence-electron chi connectivity index (χ4n) is 8.20. The Labute approximate surface area is 252 Å². The molecule has 1 aliphatic carbocycles. The van der Waals surface area contributed by atoms with Crippen LogP contribution in [0.4, 0.5) is 19.0 Å². The van der Waals surface area contributed by atoms with Crippen molar-refractivity contribution in [3.8, 4) is 23.0 Å². The highest BCUT2D eigenvalue weighted by Crippen LogP contribution is 2.51. The van der Waals surface area contributed by atoms with Crippen LogP contribution in [0.15, 0.2) is 30.5 Å². The maximum atomic E-state index is 16.8. The van der Waals surface area contributed by atoms with E-state index in [1.54, 1.807) is 6.07 Å². The number of aryl methyl sites for hydroxylation is 1. The molecule has 3 aliphatic heterocycles. The minimum absolute atomic E-state index is 0.0164. The van der Waals surface area contributed by atoms with Gasteiger partial charge >= 0.3 is 6.01 Å². The van der Waals surface area contributed by atoms with Gasteiger partial charge in [0, 0.05) is 30.8 Å². The van der Waals surface area contributed by atoms with Crippen LogP contribution in [0.3, 0.4) is 0 Å². The van der Waals surface area contributed by atoms with Crippen LogP contribution in [-0.4, -0.2) is 80.2 Å². The molecule has 8 rings (SSSR count). The number of aliphatic hydroxyl groups is 1. The normalized spacial score (nSPS) is 27.8. The summed E-state index contributed by atoms with van der Waals surface area (Å²) < 4.78 is 52.4. The average molecular weight is 606 g/mol. The first kappa shape index (κ1) is 27.8. The van der Waals surface area contributed by atoms with Crippen LogP contribution in [0.2, 0.25) is 0 Å². The average Bonchev–Trinajstić information content (AvgIpc) is 3.34. The lowest BCUT2D eigenvalue weighted by Crippen LogP contribution is -2.43. The molecule has 2 aromatic carbocycles. The number of aromatic nitrogens is 3. The van der Waals surface area contributed by atoms with Gasteiger partial charge in [-0.05, 0) is 79.1 Å². The smallest absolute Gasteiger partial charge is 0.319 e. The van der Waals surface area contributed by atoms with E-state index in [2.05, 4.69) is 14.9 Å². The number of anilines is 1. The second kappa shape index (κ2) is 10.2. The first-order valence-electron chi connectivity index (χ1n) is 15.5. The molecule has 230 valence electrons. The van der Waals surface area contributed by atoms with Crippen LogP contribution in [-0.2, 0) is 6.42 Å². The van der Waals surface area contributed by atoms with E-state index < -0.39 is 23.3 Å². The Morgan fingerprint density at radius 1 is 1.16 bits per heavy atom. The molecule has 4 aliphatic rings. The van der Waals surface area contributed by atoms with Crippen LogP contribution < -0.4 is 9.64 Å². The SMILES string of the molecule is CCc1c(F)ccc2cc(O)cc(-c3ncc4c(N5[C@H](CO)C[C@H]6C[C@H]65)nc(OC[C@@]56CCCN5C[C@H](F)C6)nc4c3F)c12. The molecule has 2 aromatic heterocycles. The van der Waals surface area contributed by atoms with Gasteiger partial charge in [-0.25, -0.2) is 13.2 Å². The molecule has 4 aromatic rings. The van der Waals surface area contributed by atoms with Crippen molar-refractivity contribution in [1.29, 1.82) is 0 Å². The quantitative estimate of drug-likeness (QED) is 0.293. The fourth-order valence-corrected chi connectivity index (χ4v) is 8.20. The molecule has 0 amide bonds. The van der Waals surface area contributed by atoms with Crippen molar-refractivity contribution in [2.45, 2.75) is 69.2 Å². The van der Waals surface area contributed by atoms with Gasteiger partial charge in [0.05, 0.1) is 23.6 Å². The highest BCUT2D eigenvalue weighted by atomic mass is 19.1. The van der Waals surface area contributed by atoms with Gasteiger partial charge in [-0.3, -0.25) is 9.88 Å². The van der Waals surface area contributed by atoms with Gasteiger partial charge in [0.2, 0.25) is 0 Å². The van der Waals surface area contributed by atoms with E-state index in [9.17, 15) is 19.0 Å². The van der Waals surface area contributed by atoms with E-state index in [-0.39, 0.29) is 53.8 Å². The lowest BCUT2D eigenvalue weighted by atomic mass is 9.94. The number of aliphatic hydroxyl groups excluding tert-OH is 1. The maximum absolute atomic E-state index is 16.8. The zero-order valence-corrected chi connectivity index (χ0v) is 24.4. The zero-order chi connectivity index (χ0) is 30.3. The number of hydrogen-bond acceptors (Lipinski definition) is 8. The highest BCUT2D eigenvalue weighted by molar-refractivity contribution is 6.01. The van der Waals surface area contributed by atoms with Gasteiger partial charge in [0.15, 0.2) is 5.82 Å². The number of benzene rings is 2. The standard InChI is InChI=1S/C33H34F3N5O3/c1-2-22-25(35)5-4-17-9-21(43)11-23(27(17)22)29-28(36)30-24(13-37-29)31(41-20(15-42)8-18-10-26(18)41)39-32(38-30)44-16-33-6-3-7-40(33)14-19(34)12-33/h4-5,9,11,13,18-20,26,42-43H,2-3,6-8,10,12,14-16H2,1H3/t18-,19+,20-,26+,33-/m0/s1. The predicted octanol–water partition coefficient (Wildman–Crippen LogP) is 5.31. The Hall–Kier alpha value is -3.70. The molecule has 0 unspecified atom stereocenters. The summed E-state index contributed by atoms with van der Waals surface area (Å²) in [6.07, 6.45) is 4.86. The van der Waals surface area contributed by atoms with Gasteiger partial charge < -0.3 is 19.8 Å². The molecular weight excluding hydrogens is 571 g/mol. The summed E-state index contributed by atoms with van der Waals surface area (Å²) in [5.74, 6) is -0.374. The Morgan fingerprint density at radius 3 is 2.84 bits per heavy atom. The number of fused-ring (bicyclic) bond motifs is 4. The van der Waals surface area contributed by atoms with Crippen molar-refractivity contribution < 1.29 is 28.1 Å². The van der Waals surface area contributed by atoms with Crippen molar-refractivity contribution in [2.75, 3.05) is 31.2 Å². The molecule has 5 heterocycles. The van der Waals surface area contributed by atoms with Gasteiger partial charge in [-0.1, -0.05) is 13.0 Å². The lowest BCUT2D eigenvalue weighted by molar-refractivity contribution is 0.107. The van der Waals surface area contributed by atoms with E-state index in [0.29, 0.717) is 52.8 Å². The summed E-state index contributed by atoms with van der Waals surface area (Å²) in [5.41, 5.74) is 0.129. The molecule has 11 heteroatoms. The highest BCUT2D eigenvalue weighted by Gasteiger charge is 2.53. The van der Waals surface area contributed by atoms with Crippen LogP contribution in [0.1, 0.15) is 44.6 Å². The number of pyridine rings is 1. The Balaban J connectivity index is 1.29. The summed E-state index contributed by atoms with van der Waals surface area (Å²) in [5, 5.41) is 22.2. The van der Waals surface area contributed by atoms with E-state index in [1.807, 2.05) is 11.8 Å². The second-order valence-corrected chi connectivity index (χ2v) is 12.9. The molecule has 0 radical (unpaired) electrons. The van der Waals surface area contributed by atoms with Gasteiger partial charge in [-0.15, -0.1) is 0 Å². The number of halogens is 3. The fraction of sp³-hybridized carbons (Fsp3) is 0.485. The van der Waals surface area contributed by atoms with E-state index in [0.717, 1.165) is 32.2 Å². The number of aromatic hydroxyl groups is 1. The molecule has 44 heavy (non-hydrogen) atoms. The number of ether oxygens (including phenoxy) is 1. The van der Waals surface area contributed by atoms with E-state index in [1.165, 1.54) is 24.4 Å². The summed E-state index contributed by atoms with van der Waals surface area (Å²) in [7, 11) is 0. The number of phenolic OH excluding ortho intramolecular Hbond substituents is 1. The number of hydrogen-bond donors (Lipinski definition) is 2. The number of rotatable bonds is 7. The number of phenols is 1. The molecule has 8 nitrogen and oxygen atoms in total. The number of alkyl halides is 1. The zero-order valence-electron chi connectivity index (χ0n) is 24.4. The molecule has 2 N–H and O–H groups in total. The minimum atomic E-state index is -0.922. The third-order valence-corrected chi connectivity index (χ3v) is 10.3. The van der Waals surface area contributed by atoms with Gasteiger partial charge in [0.25, 0.3) is 0 Å². The van der Waals surface area contributed by atoms with E-state index in [4.69, 9.17) is 9.72 Å². The van der Waals surface area contributed by atoms with Crippen molar-refractivity contribution in [3.63, 3.8) is 0 Å².